The molecule has 20 heavy (non-hydrogen) atoms. The molecule has 1 atom stereocenters. The Morgan fingerprint density at radius 2 is 2.00 bits per heavy atom. The van der Waals surface area contributed by atoms with Crippen LogP contribution in [0.3, 0.4) is 0 Å². The van der Waals surface area contributed by atoms with Gasteiger partial charge in [0.2, 0.25) is 0 Å². The summed E-state index contributed by atoms with van der Waals surface area (Å²) in [5.41, 5.74) is 1.48. The van der Waals surface area contributed by atoms with Crippen molar-refractivity contribution in [2.75, 3.05) is 18.1 Å². The average Bonchev–Trinajstić information content (AvgIpc) is 2.81. The van der Waals surface area contributed by atoms with Gasteiger partial charge in [-0.1, -0.05) is 12.1 Å². The number of hydrogen-bond acceptors (Lipinski definition) is 5. The molecule has 2 rings (SSSR count). The summed E-state index contributed by atoms with van der Waals surface area (Å²) in [5.74, 6) is 0. The number of sulfone groups is 1. The first kappa shape index (κ1) is 14.5. The first-order valence-corrected chi connectivity index (χ1v) is 7.96. The third kappa shape index (κ3) is 3.58. The van der Waals surface area contributed by atoms with Crippen LogP contribution < -0.4 is 5.32 Å². The highest BCUT2D eigenvalue weighted by Crippen LogP contribution is 2.17. The highest BCUT2D eigenvalue weighted by molar-refractivity contribution is 7.90. The van der Waals surface area contributed by atoms with Crippen molar-refractivity contribution in [1.82, 2.24) is 9.78 Å². The van der Waals surface area contributed by atoms with Crippen LogP contribution in [-0.2, 0) is 16.9 Å². The third-order valence-electron chi connectivity index (χ3n) is 2.90. The van der Waals surface area contributed by atoms with Crippen molar-refractivity contribution < 1.29 is 13.5 Å². The van der Waals surface area contributed by atoms with E-state index in [2.05, 4.69) is 10.4 Å². The Morgan fingerprint density at radius 1 is 1.35 bits per heavy atom. The molecule has 1 unspecified atom stereocenters. The van der Waals surface area contributed by atoms with Crippen LogP contribution in [0.15, 0.2) is 41.6 Å². The normalized spacial score (nSPS) is 13.2. The van der Waals surface area contributed by atoms with Gasteiger partial charge in [0.25, 0.3) is 0 Å². The van der Waals surface area contributed by atoms with E-state index in [1.165, 1.54) is 12.1 Å². The molecular formula is C13H17N3O3S. The van der Waals surface area contributed by atoms with Crippen LogP contribution in [0.2, 0.25) is 0 Å². The maximum absolute atomic E-state index is 11.3. The zero-order valence-electron chi connectivity index (χ0n) is 11.3. The van der Waals surface area contributed by atoms with E-state index in [-0.39, 0.29) is 4.90 Å². The lowest BCUT2D eigenvalue weighted by atomic mass is 10.1. The molecule has 108 valence electrons. The van der Waals surface area contributed by atoms with E-state index in [1.54, 1.807) is 29.2 Å². The third-order valence-corrected chi connectivity index (χ3v) is 4.03. The van der Waals surface area contributed by atoms with Crippen LogP contribution in [-0.4, -0.2) is 36.1 Å². The Kier molecular flexibility index (Phi) is 4.10. The molecule has 1 aromatic carbocycles. The predicted molar refractivity (Wildman–Crippen MR) is 76.2 cm³/mol. The van der Waals surface area contributed by atoms with Crippen LogP contribution in [0, 0.1) is 0 Å². The number of aromatic nitrogens is 2. The van der Waals surface area contributed by atoms with Crippen molar-refractivity contribution in [3.05, 3.63) is 42.2 Å². The summed E-state index contributed by atoms with van der Waals surface area (Å²) in [4.78, 5) is 0.244. The second kappa shape index (κ2) is 5.64. The van der Waals surface area contributed by atoms with Gasteiger partial charge in [-0.3, -0.25) is 4.68 Å². The van der Waals surface area contributed by atoms with E-state index in [0.29, 0.717) is 12.1 Å². The van der Waals surface area contributed by atoms with E-state index in [4.69, 9.17) is 0 Å². The Hall–Kier alpha value is -1.86. The fourth-order valence-corrected chi connectivity index (χ4v) is 2.41. The minimum absolute atomic E-state index is 0.244. The van der Waals surface area contributed by atoms with Crippen molar-refractivity contribution in [2.45, 2.75) is 11.0 Å². The largest absolute Gasteiger partial charge is 0.387 e. The molecular weight excluding hydrogens is 278 g/mol. The number of anilines is 1. The number of nitrogens with zero attached hydrogens (tertiary/aromatic N) is 2. The molecule has 0 radical (unpaired) electrons. The predicted octanol–water partition coefficient (Wildman–Crippen LogP) is 0.969. The number of aliphatic hydroxyl groups excluding tert-OH is 1. The minimum Gasteiger partial charge on any atom is -0.387 e. The number of hydrogen-bond donors (Lipinski definition) is 2. The van der Waals surface area contributed by atoms with Gasteiger partial charge in [0.1, 0.15) is 0 Å². The Balaban J connectivity index is 2.00. The van der Waals surface area contributed by atoms with Gasteiger partial charge in [-0.25, -0.2) is 8.42 Å². The maximum atomic E-state index is 11.3. The zero-order valence-corrected chi connectivity index (χ0v) is 12.1. The number of benzene rings is 1. The molecule has 1 heterocycles. The number of rotatable bonds is 5. The monoisotopic (exact) mass is 295 g/mol. The van der Waals surface area contributed by atoms with E-state index < -0.39 is 15.9 Å². The molecule has 2 aromatic rings. The summed E-state index contributed by atoms with van der Waals surface area (Å²) < 4.78 is 24.3. The topological polar surface area (TPSA) is 84.2 Å². The van der Waals surface area contributed by atoms with E-state index in [0.717, 1.165) is 11.9 Å². The molecule has 0 aliphatic heterocycles. The van der Waals surface area contributed by atoms with Crippen molar-refractivity contribution in [2.24, 2.45) is 7.05 Å². The maximum Gasteiger partial charge on any atom is 0.175 e. The molecule has 7 heteroatoms. The fourth-order valence-electron chi connectivity index (χ4n) is 1.78. The molecule has 0 saturated heterocycles. The second-order valence-electron chi connectivity index (χ2n) is 4.64. The smallest absolute Gasteiger partial charge is 0.175 e. The van der Waals surface area contributed by atoms with Crippen molar-refractivity contribution in [3.8, 4) is 0 Å². The standard InChI is InChI=1S/C13H17N3O3S/c1-16-9-11(7-15-16)14-8-13(17)10-3-5-12(6-4-10)20(2,18)19/h3-7,9,13-14,17H,8H2,1-2H3. The summed E-state index contributed by atoms with van der Waals surface area (Å²) in [6.07, 6.45) is 3.91. The Bertz CT molecular complexity index is 677. The summed E-state index contributed by atoms with van der Waals surface area (Å²) >= 11 is 0. The van der Waals surface area contributed by atoms with Gasteiger partial charge in [-0.15, -0.1) is 0 Å². The lowest BCUT2D eigenvalue weighted by Crippen LogP contribution is -2.12. The Morgan fingerprint density at radius 3 is 2.50 bits per heavy atom. The molecule has 6 nitrogen and oxygen atoms in total. The fraction of sp³-hybridized carbons (Fsp3) is 0.308. The summed E-state index contributed by atoms with van der Waals surface area (Å²) in [5, 5.41) is 17.1. The summed E-state index contributed by atoms with van der Waals surface area (Å²) in [6, 6.07) is 6.23. The highest BCUT2D eigenvalue weighted by atomic mass is 32.2. The van der Waals surface area contributed by atoms with E-state index in [9.17, 15) is 13.5 Å². The van der Waals surface area contributed by atoms with Crippen molar-refractivity contribution in [1.29, 1.82) is 0 Å². The minimum atomic E-state index is -3.21. The van der Waals surface area contributed by atoms with Gasteiger partial charge in [0.15, 0.2) is 9.84 Å². The molecule has 0 spiro atoms. The van der Waals surface area contributed by atoms with E-state index in [1.807, 2.05) is 7.05 Å². The van der Waals surface area contributed by atoms with Gasteiger partial charge in [-0.05, 0) is 17.7 Å². The summed E-state index contributed by atoms with van der Waals surface area (Å²) in [6.45, 7) is 0.323. The van der Waals surface area contributed by atoms with Crippen LogP contribution in [0.4, 0.5) is 5.69 Å². The first-order valence-electron chi connectivity index (χ1n) is 6.07. The number of aliphatic hydroxyl groups is 1. The molecule has 0 bridgehead atoms. The quantitative estimate of drug-likeness (QED) is 0.858. The number of nitrogens with one attached hydrogen (secondary N) is 1. The molecule has 1 aromatic heterocycles. The van der Waals surface area contributed by atoms with Gasteiger partial charge >= 0.3 is 0 Å². The molecule has 0 aliphatic carbocycles. The molecule has 0 aliphatic rings. The number of aryl methyl sites for hydroxylation is 1. The highest BCUT2D eigenvalue weighted by Gasteiger charge is 2.11. The molecule has 2 N–H and O–H groups in total. The molecule has 0 saturated carbocycles. The van der Waals surface area contributed by atoms with E-state index >= 15 is 0 Å². The van der Waals surface area contributed by atoms with Gasteiger partial charge in [0, 0.05) is 26.0 Å². The zero-order chi connectivity index (χ0) is 14.8. The average molecular weight is 295 g/mol. The van der Waals surface area contributed by atoms with Crippen LogP contribution in [0.1, 0.15) is 11.7 Å². The van der Waals surface area contributed by atoms with Gasteiger partial charge in [-0.2, -0.15) is 5.10 Å². The van der Waals surface area contributed by atoms with Crippen LogP contribution >= 0.6 is 0 Å². The van der Waals surface area contributed by atoms with Crippen LogP contribution in [0.25, 0.3) is 0 Å². The first-order chi connectivity index (χ1) is 9.36. The SMILES string of the molecule is Cn1cc(NCC(O)c2ccc(S(C)(=O)=O)cc2)cn1. The Labute approximate surface area is 118 Å². The lowest BCUT2D eigenvalue weighted by molar-refractivity contribution is 0.191. The summed E-state index contributed by atoms with van der Waals surface area (Å²) in [7, 11) is -1.40. The van der Waals surface area contributed by atoms with Crippen molar-refractivity contribution in [3.63, 3.8) is 0 Å². The lowest BCUT2D eigenvalue weighted by Gasteiger charge is -2.12. The van der Waals surface area contributed by atoms with Crippen molar-refractivity contribution >= 4 is 15.5 Å². The molecule has 0 amide bonds. The second-order valence-corrected chi connectivity index (χ2v) is 6.66. The molecule has 0 fully saturated rings. The van der Waals surface area contributed by atoms with Gasteiger partial charge < -0.3 is 10.4 Å². The van der Waals surface area contributed by atoms with Gasteiger partial charge in [0.05, 0.1) is 22.9 Å². The van der Waals surface area contributed by atoms with Crippen LogP contribution in [0.5, 0.6) is 0 Å².